The van der Waals surface area contributed by atoms with Gasteiger partial charge in [-0.05, 0) is 41.8 Å². The third-order valence-corrected chi connectivity index (χ3v) is 3.36. The van der Waals surface area contributed by atoms with Gasteiger partial charge in [0.2, 0.25) is 0 Å². The van der Waals surface area contributed by atoms with Gasteiger partial charge in [0.05, 0.1) is 12.5 Å². The summed E-state index contributed by atoms with van der Waals surface area (Å²) >= 11 is 12.2. The third-order valence-electron chi connectivity index (χ3n) is 2.79. The van der Waals surface area contributed by atoms with Crippen molar-refractivity contribution in [3.05, 3.63) is 57.6 Å². The van der Waals surface area contributed by atoms with Crippen LogP contribution in [0, 0.1) is 18.3 Å². The fourth-order valence-corrected chi connectivity index (χ4v) is 2.32. The molecule has 0 fully saturated rings. The zero-order chi connectivity index (χ0) is 13.1. The molecule has 2 aromatic rings. The number of rotatable bonds is 2. The minimum atomic E-state index is 0.421. The lowest BCUT2D eigenvalue weighted by Crippen LogP contribution is -1.88. The molecule has 0 radical (unpaired) electrons. The van der Waals surface area contributed by atoms with E-state index in [9.17, 15) is 0 Å². The first kappa shape index (κ1) is 13.0. The second-order valence-electron chi connectivity index (χ2n) is 4.11. The van der Waals surface area contributed by atoms with E-state index in [4.69, 9.17) is 28.5 Å². The normalized spacial score (nSPS) is 10.1. The lowest BCUT2D eigenvalue weighted by molar-refractivity contribution is 1.25. The van der Waals surface area contributed by atoms with Gasteiger partial charge < -0.3 is 0 Å². The van der Waals surface area contributed by atoms with Crippen LogP contribution in [0.4, 0.5) is 0 Å². The Bertz CT molecular complexity index is 627. The first-order valence-electron chi connectivity index (χ1n) is 5.53. The molecule has 0 amide bonds. The minimum Gasteiger partial charge on any atom is -0.198 e. The van der Waals surface area contributed by atoms with Gasteiger partial charge in [0.15, 0.2) is 0 Å². The molecule has 0 bridgehead atoms. The standard InChI is InChI=1S/C15H11Cl2N/c1-10-8-11(6-7-18)2-4-13(10)14-9-12(16)3-5-15(14)17/h2-5,8-9H,6H2,1H3. The number of hydrogen-bond acceptors (Lipinski definition) is 1. The molecule has 0 aliphatic carbocycles. The van der Waals surface area contributed by atoms with Crippen LogP contribution in [-0.4, -0.2) is 0 Å². The largest absolute Gasteiger partial charge is 0.198 e. The summed E-state index contributed by atoms with van der Waals surface area (Å²) in [5.41, 5.74) is 4.07. The Morgan fingerprint density at radius 1 is 1.06 bits per heavy atom. The monoisotopic (exact) mass is 275 g/mol. The molecule has 1 nitrogen and oxygen atoms in total. The summed E-state index contributed by atoms with van der Waals surface area (Å²) in [5.74, 6) is 0. The molecular weight excluding hydrogens is 265 g/mol. The van der Waals surface area contributed by atoms with Crippen LogP contribution in [0.15, 0.2) is 36.4 Å². The fraction of sp³-hybridized carbons (Fsp3) is 0.133. The SMILES string of the molecule is Cc1cc(CC#N)ccc1-c1cc(Cl)ccc1Cl. The molecule has 0 aliphatic rings. The molecule has 0 atom stereocenters. The summed E-state index contributed by atoms with van der Waals surface area (Å²) in [7, 11) is 0. The summed E-state index contributed by atoms with van der Waals surface area (Å²) in [4.78, 5) is 0. The Labute approximate surface area is 117 Å². The van der Waals surface area contributed by atoms with Crippen LogP contribution in [0.25, 0.3) is 11.1 Å². The summed E-state index contributed by atoms with van der Waals surface area (Å²) in [6, 6.07) is 13.5. The van der Waals surface area contributed by atoms with E-state index in [1.165, 1.54) is 0 Å². The van der Waals surface area contributed by atoms with Crippen molar-refractivity contribution in [3.8, 4) is 17.2 Å². The first-order valence-corrected chi connectivity index (χ1v) is 6.29. The van der Waals surface area contributed by atoms with Crippen LogP contribution in [0.1, 0.15) is 11.1 Å². The van der Waals surface area contributed by atoms with Crippen LogP contribution in [-0.2, 0) is 6.42 Å². The smallest absolute Gasteiger partial charge is 0.0669 e. The van der Waals surface area contributed by atoms with Gasteiger partial charge in [-0.3, -0.25) is 0 Å². The van der Waals surface area contributed by atoms with Gasteiger partial charge in [0.1, 0.15) is 0 Å². The maximum Gasteiger partial charge on any atom is 0.0669 e. The number of benzene rings is 2. The molecule has 0 saturated carbocycles. The van der Waals surface area contributed by atoms with Crippen molar-refractivity contribution in [2.24, 2.45) is 0 Å². The molecule has 0 aliphatic heterocycles. The maximum absolute atomic E-state index is 8.69. The van der Waals surface area contributed by atoms with Crippen molar-refractivity contribution < 1.29 is 0 Å². The van der Waals surface area contributed by atoms with Crippen molar-refractivity contribution in [2.75, 3.05) is 0 Å². The van der Waals surface area contributed by atoms with E-state index in [0.717, 1.165) is 22.3 Å². The Kier molecular flexibility index (Phi) is 3.91. The zero-order valence-electron chi connectivity index (χ0n) is 9.87. The van der Waals surface area contributed by atoms with Gasteiger partial charge in [-0.1, -0.05) is 41.4 Å². The van der Waals surface area contributed by atoms with Crippen molar-refractivity contribution in [3.63, 3.8) is 0 Å². The Hall–Kier alpha value is -1.49. The maximum atomic E-state index is 8.69. The van der Waals surface area contributed by atoms with E-state index in [0.29, 0.717) is 16.5 Å². The predicted octanol–water partition coefficient (Wildman–Crippen LogP) is 5.03. The van der Waals surface area contributed by atoms with Crippen LogP contribution < -0.4 is 0 Å². The van der Waals surface area contributed by atoms with E-state index in [1.807, 2.05) is 31.2 Å². The van der Waals surface area contributed by atoms with E-state index in [1.54, 1.807) is 12.1 Å². The van der Waals surface area contributed by atoms with Crippen LogP contribution in [0.3, 0.4) is 0 Å². The molecule has 0 unspecified atom stereocenters. The van der Waals surface area contributed by atoms with Crippen molar-refractivity contribution in [2.45, 2.75) is 13.3 Å². The molecule has 0 spiro atoms. The number of hydrogen-bond donors (Lipinski definition) is 0. The van der Waals surface area contributed by atoms with Gasteiger partial charge in [-0.2, -0.15) is 5.26 Å². The Balaban J connectivity index is 2.51. The van der Waals surface area contributed by atoms with Crippen LogP contribution >= 0.6 is 23.2 Å². The van der Waals surface area contributed by atoms with E-state index in [-0.39, 0.29) is 0 Å². The molecule has 0 N–H and O–H groups in total. The summed E-state index contributed by atoms with van der Waals surface area (Å²) < 4.78 is 0. The predicted molar refractivity (Wildman–Crippen MR) is 76.0 cm³/mol. The average molecular weight is 276 g/mol. The van der Waals surface area contributed by atoms with Crippen molar-refractivity contribution >= 4 is 23.2 Å². The highest BCUT2D eigenvalue weighted by atomic mass is 35.5. The average Bonchev–Trinajstić information content (AvgIpc) is 2.33. The molecule has 18 heavy (non-hydrogen) atoms. The van der Waals surface area contributed by atoms with Crippen LogP contribution in [0.2, 0.25) is 10.0 Å². The third kappa shape index (κ3) is 2.67. The molecule has 0 aromatic heterocycles. The van der Waals surface area contributed by atoms with E-state index in [2.05, 4.69) is 6.07 Å². The fourth-order valence-electron chi connectivity index (χ4n) is 1.93. The second kappa shape index (κ2) is 5.44. The first-order chi connectivity index (χ1) is 8.61. The quantitative estimate of drug-likeness (QED) is 0.754. The second-order valence-corrected chi connectivity index (χ2v) is 4.95. The molecule has 2 aromatic carbocycles. The molecular formula is C15H11Cl2N. The van der Waals surface area contributed by atoms with Gasteiger partial charge in [-0.25, -0.2) is 0 Å². The summed E-state index contributed by atoms with van der Waals surface area (Å²) in [6.45, 7) is 2.01. The highest BCUT2D eigenvalue weighted by Crippen LogP contribution is 2.32. The number of halogens is 2. The van der Waals surface area contributed by atoms with E-state index < -0.39 is 0 Å². The van der Waals surface area contributed by atoms with Gasteiger partial charge >= 0.3 is 0 Å². The minimum absolute atomic E-state index is 0.421. The molecule has 90 valence electrons. The van der Waals surface area contributed by atoms with Gasteiger partial charge in [-0.15, -0.1) is 0 Å². The van der Waals surface area contributed by atoms with Crippen LogP contribution in [0.5, 0.6) is 0 Å². The Morgan fingerprint density at radius 2 is 1.83 bits per heavy atom. The highest BCUT2D eigenvalue weighted by Gasteiger charge is 2.08. The number of nitrogens with zero attached hydrogens (tertiary/aromatic N) is 1. The molecule has 0 saturated heterocycles. The highest BCUT2D eigenvalue weighted by molar-refractivity contribution is 6.35. The number of aryl methyl sites for hydroxylation is 1. The molecule has 2 rings (SSSR count). The van der Waals surface area contributed by atoms with E-state index >= 15 is 0 Å². The summed E-state index contributed by atoms with van der Waals surface area (Å²) in [6.07, 6.45) is 0.421. The topological polar surface area (TPSA) is 23.8 Å². The van der Waals surface area contributed by atoms with Crippen molar-refractivity contribution in [1.82, 2.24) is 0 Å². The summed E-state index contributed by atoms with van der Waals surface area (Å²) in [5, 5.41) is 10.0. The lowest BCUT2D eigenvalue weighted by Gasteiger charge is -2.10. The van der Waals surface area contributed by atoms with Gasteiger partial charge in [0.25, 0.3) is 0 Å². The zero-order valence-corrected chi connectivity index (χ0v) is 11.4. The Morgan fingerprint density at radius 3 is 2.50 bits per heavy atom. The van der Waals surface area contributed by atoms with Gasteiger partial charge in [0, 0.05) is 15.6 Å². The molecule has 3 heteroatoms. The number of nitriles is 1. The molecule has 0 heterocycles. The van der Waals surface area contributed by atoms with Crippen molar-refractivity contribution in [1.29, 1.82) is 5.26 Å². The lowest BCUT2D eigenvalue weighted by atomic mass is 9.97.